The average molecular weight is 1200 g/mol. The zero-order valence-electron chi connectivity index (χ0n) is 56.9. The van der Waals surface area contributed by atoms with Gasteiger partial charge in [-0.3, -0.25) is 4.79 Å². The highest BCUT2D eigenvalue weighted by atomic mass is 16.5. The van der Waals surface area contributed by atoms with Crippen molar-refractivity contribution < 1.29 is 39.9 Å². The SMILES string of the molecule is CC1(C)/C(=N/O)CCC2(C)C1CCC1(C)c3c(O)cc(O)cc3CC12.CC1(C)C(=O)NCCC2(C)C1CCC1(C)c3c(O)cc(O)cc3CC12.CC1=CC2(C)CCC3C(C)(C)NCCCC3(C)C2C1.CCCC1(C)c2c(cc(OC)cc2OC)CC1C. The number of allylic oxidation sites excluding steroid dienone is 2. The molecule has 7 N–H and O–H groups in total. The van der Waals surface area contributed by atoms with Gasteiger partial charge in [0.25, 0.3) is 0 Å². The first-order chi connectivity index (χ1) is 40.6. The molecule has 0 spiro atoms. The quantitative estimate of drug-likeness (QED) is 0.0762. The number of phenols is 4. The highest BCUT2D eigenvalue weighted by molar-refractivity contribution is 5.90. The number of rotatable bonds is 4. The second-order valence-corrected chi connectivity index (χ2v) is 33.3. The van der Waals surface area contributed by atoms with Gasteiger partial charge in [0.1, 0.15) is 34.5 Å². The summed E-state index contributed by atoms with van der Waals surface area (Å²) in [7, 11) is 3.47. The zero-order valence-corrected chi connectivity index (χ0v) is 56.9. The van der Waals surface area contributed by atoms with E-state index in [9.17, 15) is 30.4 Å². The van der Waals surface area contributed by atoms with Gasteiger partial charge >= 0.3 is 0 Å². The van der Waals surface area contributed by atoms with Gasteiger partial charge in [-0.15, -0.1) is 0 Å². The monoisotopic (exact) mass is 1200 g/mol. The summed E-state index contributed by atoms with van der Waals surface area (Å²) in [5.41, 5.74) is 10.7. The second kappa shape index (κ2) is 22.5. The number of methoxy groups -OCH3 is 2. The zero-order chi connectivity index (χ0) is 63.6. The van der Waals surface area contributed by atoms with Crippen LogP contribution in [0.3, 0.4) is 0 Å². The number of carbonyl (C=O) groups excluding carboxylic acids is 1. The van der Waals surface area contributed by atoms with Gasteiger partial charge in [-0.25, -0.2) is 0 Å². The number of hydrogen-bond donors (Lipinski definition) is 7. The Bertz CT molecular complexity index is 3200. The summed E-state index contributed by atoms with van der Waals surface area (Å²) in [4.78, 5) is 12.6. The number of phenolic OH excluding ortho intramolecular Hbond substituents is 4. The summed E-state index contributed by atoms with van der Waals surface area (Å²) in [6.07, 6.45) is 21.7. The van der Waals surface area contributed by atoms with E-state index in [1.165, 1.54) is 74.8 Å². The molecule has 11 nitrogen and oxygen atoms in total. The van der Waals surface area contributed by atoms with E-state index in [2.05, 4.69) is 139 Å². The Balaban J connectivity index is 0.000000130. The van der Waals surface area contributed by atoms with Crippen molar-refractivity contribution in [1.82, 2.24) is 10.6 Å². The fourth-order valence-corrected chi connectivity index (χ4v) is 23.3. The van der Waals surface area contributed by atoms with E-state index in [0.29, 0.717) is 46.0 Å². The average Bonchev–Trinajstić information content (AvgIpc) is 1.77. The van der Waals surface area contributed by atoms with Crippen molar-refractivity contribution in [1.29, 1.82) is 0 Å². The van der Waals surface area contributed by atoms with Crippen LogP contribution in [0.4, 0.5) is 0 Å². The van der Waals surface area contributed by atoms with Gasteiger partial charge in [-0.05, 0) is 233 Å². The predicted octanol–water partition coefficient (Wildman–Crippen LogP) is 16.6. The van der Waals surface area contributed by atoms with E-state index in [1.807, 2.05) is 18.2 Å². The van der Waals surface area contributed by atoms with E-state index in [1.54, 1.807) is 19.8 Å². The molecule has 13 rings (SSSR count). The van der Waals surface area contributed by atoms with Crippen LogP contribution in [-0.2, 0) is 40.3 Å². The summed E-state index contributed by atoms with van der Waals surface area (Å²) in [6.45, 7) is 39.2. The molecule has 11 heteroatoms. The second-order valence-electron chi connectivity index (χ2n) is 33.3. The number of fused-ring (bicyclic) bond motifs is 14. The molecular weight excluding hydrogens is 1080 g/mol. The van der Waals surface area contributed by atoms with Crippen LogP contribution >= 0.6 is 0 Å². The van der Waals surface area contributed by atoms with Crippen LogP contribution in [0.2, 0.25) is 0 Å². The number of aromatic hydroxyl groups is 4. The molecule has 2 heterocycles. The largest absolute Gasteiger partial charge is 0.508 e. The first-order valence-corrected chi connectivity index (χ1v) is 33.9. The third-order valence-corrected chi connectivity index (χ3v) is 27.4. The van der Waals surface area contributed by atoms with Gasteiger partial charge in [0.2, 0.25) is 5.91 Å². The predicted molar refractivity (Wildman–Crippen MR) is 351 cm³/mol. The van der Waals surface area contributed by atoms with Crippen LogP contribution in [0.25, 0.3) is 0 Å². The van der Waals surface area contributed by atoms with Crippen LogP contribution in [0.5, 0.6) is 34.5 Å². The Morgan fingerprint density at radius 2 is 1.13 bits per heavy atom. The molecule has 2 aliphatic heterocycles. The number of hydrogen-bond acceptors (Lipinski definition) is 10. The minimum absolute atomic E-state index is 0.0245. The number of carbonyl (C=O) groups is 1. The van der Waals surface area contributed by atoms with Gasteiger partial charge in [0, 0.05) is 68.6 Å². The molecule has 14 atom stereocenters. The Labute approximate surface area is 523 Å². The van der Waals surface area contributed by atoms with E-state index < -0.39 is 0 Å². The number of nitrogens with zero attached hydrogens (tertiary/aromatic N) is 1. The summed E-state index contributed by atoms with van der Waals surface area (Å²) in [5.74, 6) is 6.77. The molecule has 0 aromatic heterocycles. The van der Waals surface area contributed by atoms with Crippen LogP contribution in [-0.4, -0.2) is 70.1 Å². The van der Waals surface area contributed by atoms with E-state index >= 15 is 0 Å². The maximum atomic E-state index is 12.6. The van der Waals surface area contributed by atoms with Crippen LogP contribution < -0.4 is 20.1 Å². The number of nitrogens with one attached hydrogen (secondary N) is 2. The lowest BCUT2D eigenvalue weighted by molar-refractivity contribution is -0.138. The number of oxime groups is 1. The number of ether oxygens (including phenoxy) is 2. The van der Waals surface area contributed by atoms with Gasteiger partial charge in [0.15, 0.2) is 0 Å². The van der Waals surface area contributed by atoms with Crippen LogP contribution in [0.15, 0.2) is 53.2 Å². The molecule has 0 bridgehead atoms. The normalized spacial score (nSPS) is 38.9. The molecule has 3 aromatic rings. The van der Waals surface area contributed by atoms with E-state index in [4.69, 9.17) is 9.47 Å². The van der Waals surface area contributed by atoms with Crippen molar-refractivity contribution in [2.45, 2.75) is 242 Å². The summed E-state index contributed by atoms with van der Waals surface area (Å²) in [5, 5.41) is 61.1. The molecule has 0 radical (unpaired) electrons. The minimum atomic E-state index is -0.383. The van der Waals surface area contributed by atoms with Gasteiger partial charge in [0.05, 0.1) is 19.9 Å². The summed E-state index contributed by atoms with van der Waals surface area (Å²) < 4.78 is 11.0. The van der Waals surface area contributed by atoms with Crippen molar-refractivity contribution >= 4 is 11.6 Å². The lowest BCUT2D eigenvalue weighted by atomic mass is 9.43. The lowest BCUT2D eigenvalue weighted by Gasteiger charge is -2.61. The van der Waals surface area contributed by atoms with Crippen molar-refractivity contribution in [3.05, 3.63) is 81.4 Å². The molecule has 8 aliphatic carbocycles. The molecule has 14 unspecified atom stereocenters. The van der Waals surface area contributed by atoms with Gasteiger partial charge < -0.3 is 45.7 Å². The standard InChI is InChI=1S/2C21H29NO3.C18H31N.C16H24O2/c1-19(2)15-5-7-21(4)16(20(15,3)8-6-17(19)22-25)10-12-9-13(23)11-14(24)18(12)21;1-19(2)15-5-6-21(4)16(20(15,3)7-8-22-18(19)25)10-12-9-13(23)11-14(24)17(12)21;1-13-11-15-17(4,12-13)9-7-14-16(2,3)19-10-6-8-18(14,15)5;1-6-7-16(3)11(2)8-12-9-13(17-4)10-14(18-5)15(12)16/h9,11,15-16,23-25H,5-8,10H2,1-4H3;9,11,15-16,23-24H,5-8,10H2,1-4H3,(H,22,25);12,14-15,19H,6-11H2,1-5H3;9-11H,6-8H2,1-5H3/b22-17+;;;. The molecule has 480 valence electrons. The van der Waals surface area contributed by atoms with E-state index in [0.717, 1.165) is 122 Å². The Hall–Kier alpha value is -4.90. The third kappa shape index (κ3) is 10.3. The smallest absolute Gasteiger partial charge is 0.225 e. The molecular formula is C76H113N3O8. The molecule has 10 aliphatic rings. The molecule has 3 aromatic carbocycles. The summed E-state index contributed by atoms with van der Waals surface area (Å²) in [6, 6.07) is 10.8. The molecule has 4 saturated carbocycles. The van der Waals surface area contributed by atoms with Crippen molar-refractivity contribution in [2.24, 2.45) is 79.1 Å². The van der Waals surface area contributed by atoms with Gasteiger partial charge in [-0.1, -0.05) is 113 Å². The first kappa shape index (κ1) is 65.1. The fourth-order valence-electron chi connectivity index (χ4n) is 23.3. The minimum Gasteiger partial charge on any atom is -0.508 e. The van der Waals surface area contributed by atoms with E-state index in [-0.39, 0.29) is 66.8 Å². The highest BCUT2D eigenvalue weighted by Crippen LogP contribution is 2.70. The molecule has 87 heavy (non-hydrogen) atoms. The van der Waals surface area contributed by atoms with Gasteiger partial charge in [-0.2, -0.15) is 0 Å². The molecule has 1 amide bonds. The molecule has 2 saturated heterocycles. The third-order valence-electron chi connectivity index (χ3n) is 27.4. The topological polar surface area (TPSA) is 173 Å². The summed E-state index contributed by atoms with van der Waals surface area (Å²) >= 11 is 0. The molecule has 6 fully saturated rings. The van der Waals surface area contributed by atoms with Crippen LogP contribution in [0.1, 0.15) is 234 Å². The lowest BCUT2D eigenvalue weighted by Crippen LogP contribution is -2.57. The Morgan fingerprint density at radius 3 is 1.68 bits per heavy atom. The Kier molecular flexibility index (Phi) is 16.8. The first-order valence-electron chi connectivity index (χ1n) is 33.9. The Morgan fingerprint density at radius 1 is 0.586 bits per heavy atom. The van der Waals surface area contributed by atoms with Crippen molar-refractivity contribution in [3.8, 4) is 34.5 Å². The maximum absolute atomic E-state index is 12.6. The number of benzene rings is 3. The van der Waals surface area contributed by atoms with Crippen molar-refractivity contribution in [2.75, 3.05) is 27.3 Å². The number of amides is 1. The fraction of sp³-hybridized carbons (Fsp3) is 0.711. The highest BCUT2D eigenvalue weighted by Gasteiger charge is 2.65. The van der Waals surface area contributed by atoms with Crippen LogP contribution in [0, 0.1) is 73.9 Å². The maximum Gasteiger partial charge on any atom is 0.225 e. The van der Waals surface area contributed by atoms with Crippen molar-refractivity contribution in [3.63, 3.8) is 0 Å².